The van der Waals surface area contributed by atoms with Crippen LogP contribution in [0.4, 0.5) is 0 Å². The minimum Gasteiger partial charge on any atom is -0.496 e. The predicted molar refractivity (Wildman–Crippen MR) is 83.1 cm³/mol. The molecule has 1 fully saturated rings. The Morgan fingerprint density at radius 3 is 2.60 bits per heavy atom. The van der Waals surface area contributed by atoms with E-state index in [1.807, 2.05) is 0 Å². The molecule has 0 bridgehead atoms. The van der Waals surface area contributed by atoms with Gasteiger partial charge in [-0.1, -0.05) is 12.1 Å². The van der Waals surface area contributed by atoms with E-state index in [9.17, 15) is 0 Å². The van der Waals surface area contributed by atoms with Gasteiger partial charge in [0.2, 0.25) is 0 Å². The molecule has 1 aromatic rings. The van der Waals surface area contributed by atoms with Crippen molar-refractivity contribution in [3.05, 3.63) is 29.3 Å². The smallest absolute Gasteiger partial charge is 0.123 e. The first-order valence-corrected chi connectivity index (χ1v) is 7.49. The van der Waals surface area contributed by atoms with Gasteiger partial charge < -0.3 is 15.4 Å². The van der Waals surface area contributed by atoms with Crippen molar-refractivity contribution in [3.63, 3.8) is 0 Å². The average Bonchev–Trinajstić information content (AvgIpc) is 2.48. The molecule has 2 N–H and O–H groups in total. The fourth-order valence-electron chi connectivity index (χ4n) is 2.66. The number of piperazine rings is 1. The number of likely N-dealkylation sites (N-methyl/N-ethyl adjacent to an activating group) is 1. The van der Waals surface area contributed by atoms with Crippen LogP contribution in [-0.2, 0) is 13.0 Å². The Bertz CT molecular complexity index is 414. The zero-order chi connectivity index (χ0) is 14.4. The third-order valence-corrected chi connectivity index (χ3v) is 4.00. The number of aryl methyl sites for hydroxylation is 1. The molecular weight excluding hydrogens is 250 g/mol. The van der Waals surface area contributed by atoms with E-state index >= 15 is 0 Å². The zero-order valence-electron chi connectivity index (χ0n) is 12.8. The molecule has 0 radical (unpaired) electrons. The first kappa shape index (κ1) is 15.3. The number of nitrogens with zero attached hydrogens (tertiary/aromatic N) is 2. The van der Waals surface area contributed by atoms with E-state index in [1.165, 1.54) is 11.1 Å². The molecule has 0 unspecified atom stereocenters. The van der Waals surface area contributed by atoms with Gasteiger partial charge in [0, 0.05) is 38.3 Å². The van der Waals surface area contributed by atoms with E-state index in [2.05, 4.69) is 35.0 Å². The fraction of sp³-hybridized carbons (Fsp3) is 0.625. The van der Waals surface area contributed by atoms with Crippen molar-refractivity contribution in [3.8, 4) is 5.75 Å². The maximum atomic E-state index is 5.60. The largest absolute Gasteiger partial charge is 0.496 e. The van der Waals surface area contributed by atoms with Gasteiger partial charge in [-0.3, -0.25) is 4.90 Å². The van der Waals surface area contributed by atoms with Crippen molar-refractivity contribution in [2.45, 2.75) is 19.4 Å². The van der Waals surface area contributed by atoms with Crippen LogP contribution >= 0.6 is 0 Å². The first-order valence-electron chi connectivity index (χ1n) is 7.49. The van der Waals surface area contributed by atoms with Crippen LogP contribution in [0.5, 0.6) is 5.75 Å². The molecule has 1 heterocycles. The maximum Gasteiger partial charge on any atom is 0.123 e. The Labute approximate surface area is 122 Å². The molecule has 1 saturated heterocycles. The summed E-state index contributed by atoms with van der Waals surface area (Å²) in [5.41, 5.74) is 8.25. The third kappa shape index (κ3) is 4.20. The van der Waals surface area contributed by atoms with Crippen LogP contribution in [0.1, 0.15) is 17.5 Å². The van der Waals surface area contributed by atoms with Crippen LogP contribution in [0.3, 0.4) is 0 Å². The Balaban J connectivity index is 2.03. The zero-order valence-corrected chi connectivity index (χ0v) is 12.8. The summed E-state index contributed by atoms with van der Waals surface area (Å²) in [4.78, 5) is 4.88. The summed E-state index contributed by atoms with van der Waals surface area (Å²) < 4.78 is 5.51. The molecule has 0 atom stereocenters. The summed E-state index contributed by atoms with van der Waals surface area (Å²) in [6.45, 7) is 6.29. The van der Waals surface area contributed by atoms with Crippen LogP contribution in [0.15, 0.2) is 18.2 Å². The Morgan fingerprint density at radius 1 is 1.20 bits per heavy atom. The van der Waals surface area contributed by atoms with Gasteiger partial charge in [-0.15, -0.1) is 0 Å². The van der Waals surface area contributed by atoms with Crippen molar-refractivity contribution in [1.29, 1.82) is 0 Å². The second-order valence-electron chi connectivity index (χ2n) is 5.62. The molecule has 4 heteroatoms. The number of hydrogen-bond donors (Lipinski definition) is 1. The van der Waals surface area contributed by atoms with Gasteiger partial charge in [-0.05, 0) is 38.1 Å². The minimum atomic E-state index is 0.750. The fourth-order valence-corrected chi connectivity index (χ4v) is 2.66. The van der Waals surface area contributed by atoms with Crippen LogP contribution in [0.2, 0.25) is 0 Å². The molecule has 0 aliphatic carbocycles. The highest BCUT2D eigenvalue weighted by Gasteiger charge is 2.15. The van der Waals surface area contributed by atoms with Crippen molar-refractivity contribution < 1.29 is 4.74 Å². The van der Waals surface area contributed by atoms with Gasteiger partial charge in [0.25, 0.3) is 0 Å². The summed E-state index contributed by atoms with van der Waals surface area (Å²) in [6, 6.07) is 6.53. The molecule has 112 valence electrons. The monoisotopic (exact) mass is 277 g/mol. The standard InChI is InChI=1S/C16H27N3O/c1-18-8-10-19(11-9-18)13-15-12-14(4-3-7-17)5-6-16(15)20-2/h5-6,12H,3-4,7-11,13,17H2,1-2H3. The second-order valence-corrected chi connectivity index (χ2v) is 5.62. The molecule has 0 saturated carbocycles. The third-order valence-electron chi connectivity index (χ3n) is 4.00. The number of hydrogen-bond acceptors (Lipinski definition) is 4. The average molecular weight is 277 g/mol. The highest BCUT2D eigenvalue weighted by Crippen LogP contribution is 2.22. The SMILES string of the molecule is COc1ccc(CCCN)cc1CN1CCN(C)CC1. The molecule has 1 aliphatic rings. The molecular formula is C16H27N3O. The Hall–Kier alpha value is -1.10. The molecule has 20 heavy (non-hydrogen) atoms. The van der Waals surface area contributed by atoms with Crippen molar-refractivity contribution in [1.82, 2.24) is 9.80 Å². The molecule has 0 aromatic heterocycles. The number of benzene rings is 1. The number of methoxy groups -OCH3 is 1. The lowest BCUT2D eigenvalue weighted by atomic mass is 10.0. The second kappa shape index (κ2) is 7.62. The van der Waals surface area contributed by atoms with E-state index in [1.54, 1.807) is 7.11 Å². The van der Waals surface area contributed by atoms with Crippen LogP contribution in [0, 0.1) is 0 Å². The normalized spacial score (nSPS) is 17.4. The van der Waals surface area contributed by atoms with Gasteiger partial charge in [0.1, 0.15) is 5.75 Å². The van der Waals surface area contributed by atoms with Gasteiger partial charge in [-0.2, -0.15) is 0 Å². The topological polar surface area (TPSA) is 41.7 Å². The molecule has 2 rings (SSSR count). The lowest BCUT2D eigenvalue weighted by molar-refractivity contribution is 0.147. The molecule has 4 nitrogen and oxygen atoms in total. The summed E-state index contributed by atoms with van der Waals surface area (Å²) in [5.74, 6) is 1.00. The quantitative estimate of drug-likeness (QED) is 0.852. The molecule has 1 aliphatic heterocycles. The van der Waals surface area contributed by atoms with Gasteiger partial charge in [-0.25, -0.2) is 0 Å². The van der Waals surface area contributed by atoms with Gasteiger partial charge in [0.15, 0.2) is 0 Å². The van der Waals surface area contributed by atoms with Crippen molar-refractivity contribution >= 4 is 0 Å². The lowest BCUT2D eigenvalue weighted by Gasteiger charge is -2.32. The highest BCUT2D eigenvalue weighted by atomic mass is 16.5. The van der Waals surface area contributed by atoms with Crippen molar-refractivity contribution in [2.75, 3.05) is 46.9 Å². The van der Waals surface area contributed by atoms with Gasteiger partial charge in [0.05, 0.1) is 7.11 Å². The lowest BCUT2D eigenvalue weighted by Crippen LogP contribution is -2.43. The van der Waals surface area contributed by atoms with E-state index in [-0.39, 0.29) is 0 Å². The van der Waals surface area contributed by atoms with E-state index < -0.39 is 0 Å². The number of ether oxygens (including phenoxy) is 1. The summed E-state index contributed by atoms with van der Waals surface area (Å²) in [6.07, 6.45) is 2.09. The van der Waals surface area contributed by atoms with E-state index in [0.717, 1.165) is 57.9 Å². The summed E-state index contributed by atoms with van der Waals surface area (Å²) in [7, 11) is 3.94. The van der Waals surface area contributed by atoms with Crippen LogP contribution < -0.4 is 10.5 Å². The predicted octanol–water partition coefficient (Wildman–Crippen LogP) is 1.33. The van der Waals surface area contributed by atoms with Crippen LogP contribution in [0.25, 0.3) is 0 Å². The first-order chi connectivity index (χ1) is 9.72. The molecule has 0 spiro atoms. The van der Waals surface area contributed by atoms with Crippen LogP contribution in [-0.4, -0.2) is 56.7 Å². The maximum absolute atomic E-state index is 5.60. The molecule has 1 aromatic carbocycles. The Kier molecular flexibility index (Phi) is 5.83. The molecule has 0 amide bonds. The minimum absolute atomic E-state index is 0.750. The highest BCUT2D eigenvalue weighted by molar-refractivity contribution is 5.37. The van der Waals surface area contributed by atoms with E-state index in [4.69, 9.17) is 10.5 Å². The summed E-state index contributed by atoms with van der Waals surface area (Å²) >= 11 is 0. The summed E-state index contributed by atoms with van der Waals surface area (Å²) in [5, 5.41) is 0. The van der Waals surface area contributed by atoms with E-state index in [0.29, 0.717) is 0 Å². The Morgan fingerprint density at radius 2 is 1.95 bits per heavy atom. The number of nitrogens with two attached hydrogens (primary N) is 1. The van der Waals surface area contributed by atoms with Crippen molar-refractivity contribution in [2.24, 2.45) is 5.73 Å². The number of rotatable bonds is 6. The van der Waals surface area contributed by atoms with Gasteiger partial charge >= 0.3 is 0 Å².